The van der Waals surface area contributed by atoms with E-state index < -0.39 is 0 Å². The van der Waals surface area contributed by atoms with Gasteiger partial charge in [0.15, 0.2) is 0 Å². The van der Waals surface area contributed by atoms with Crippen LogP contribution in [0.2, 0.25) is 0 Å². The molecule has 1 aliphatic rings. The average Bonchev–Trinajstić information content (AvgIpc) is 1.76. The molecule has 1 rings (SSSR count). The third-order valence-corrected chi connectivity index (χ3v) is 1.07. The van der Waals surface area contributed by atoms with Gasteiger partial charge in [0.1, 0.15) is 0 Å². The third-order valence-electron chi connectivity index (χ3n) is 1.07. The maximum Gasteiger partial charge on any atom is 0 e. The minimum Gasteiger partial charge on any atom is -0.358 e. The van der Waals surface area contributed by atoms with Crippen LogP contribution in [-0.2, 0) is 21.7 Å². The van der Waals surface area contributed by atoms with Crippen LogP contribution < -0.4 is 0 Å². The Kier molecular flexibility index (Phi) is 70.0. The summed E-state index contributed by atoms with van der Waals surface area (Å²) in [5.74, 6) is 0. The zero-order valence-corrected chi connectivity index (χ0v) is 9.47. The summed E-state index contributed by atoms with van der Waals surface area (Å²) in [6, 6.07) is 0. The van der Waals surface area contributed by atoms with Crippen molar-refractivity contribution in [1.82, 2.24) is 0 Å². The molecule has 0 nitrogen and oxygen atoms in total. The smallest absolute Gasteiger partial charge is 0 e. The fourth-order valence-corrected chi connectivity index (χ4v) is 0.722. The van der Waals surface area contributed by atoms with E-state index in [4.69, 9.17) is 0 Å². The van der Waals surface area contributed by atoms with Crippen molar-refractivity contribution in [2.24, 2.45) is 0 Å². The number of rotatable bonds is 0. The summed E-state index contributed by atoms with van der Waals surface area (Å²) in [5.41, 5.74) is 0. The minimum atomic E-state index is 0. The minimum absolute atomic E-state index is 0. The predicted molar refractivity (Wildman–Crippen MR) is 48.4 cm³/mol. The molecule has 0 radical (unpaired) electrons. The number of hydrogen-bond acceptors (Lipinski definition) is 0. The van der Waals surface area contributed by atoms with Crippen LogP contribution in [-0.4, -0.2) is 0 Å². The van der Waals surface area contributed by atoms with Crippen molar-refractivity contribution in [3.63, 3.8) is 0 Å². The Morgan fingerprint density at radius 3 is 1.10 bits per heavy atom. The van der Waals surface area contributed by atoms with Crippen molar-refractivity contribution < 1.29 is 21.7 Å². The molecule has 1 saturated carbocycles. The molecule has 66 valence electrons. The molecule has 1 aliphatic carbocycles. The Morgan fingerprint density at radius 2 is 1.00 bits per heavy atom. The molecule has 0 saturated heterocycles. The first kappa shape index (κ1) is 31.0. The van der Waals surface area contributed by atoms with Crippen LogP contribution in [0.3, 0.4) is 0 Å². The van der Waals surface area contributed by atoms with Crippen LogP contribution in [0.5, 0.6) is 0 Å². The van der Waals surface area contributed by atoms with Gasteiger partial charge in [0.2, 0.25) is 0 Å². The molecule has 10 heavy (non-hydrogen) atoms. The predicted octanol–water partition coefficient (Wildman–Crippen LogP) is 3.56. The van der Waals surface area contributed by atoms with Crippen LogP contribution in [0.1, 0.15) is 25.7 Å². The molecule has 0 N–H and O–H groups in total. The van der Waals surface area contributed by atoms with Gasteiger partial charge in [0.05, 0.1) is 0 Å². The second kappa shape index (κ2) is 22.6. The van der Waals surface area contributed by atoms with Gasteiger partial charge in [-0.25, -0.2) is 0 Å². The van der Waals surface area contributed by atoms with E-state index in [1.807, 2.05) is 0 Å². The van der Waals surface area contributed by atoms with E-state index in [2.05, 4.69) is 6.42 Å². The molecule has 1 fully saturated rings. The average molecular weight is 177 g/mol. The molecular weight excluding hydrogens is 156 g/mol. The zero-order valence-electron chi connectivity index (χ0n) is 7.91. The maximum atomic E-state index is 2.36. The van der Waals surface area contributed by atoms with E-state index in [0.717, 1.165) is 0 Å². The summed E-state index contributed by atoms with van der Waals surface area (Å²) >= 11 is 0. The quantitative estimate of drug-likeness (QED) is 0.392. The first-order chi connectivity index (χ1) is 2.50. The van der Waals surface area contributed by atoms with Crippen molar-refractivity contribution in [2.45, 2.75) is 25.7 Å². The van der Waals surface area contributed by atoms with Crippen molar-refractivity contribution in [3.05, 3.63) is 36.1 Å². The summed E-state index contributed by atoms with van der Waals surface area (Å²) in [4.78, 5) is 0. The van der Waals surface area contributed by atoms with Crippen LogP contribution in [0.25, 0.3) is 0 Å². The molecule has 0 amide bonds. The molecule has 0 spiro atoms. The molecule has 0 heterocycles. The summed E-state index contributed by atoms with van der Waals surface area (Å²) in [6.45, 7) is 0. The van der Waals surface area contributed by atoms with Gasteiger partial charge in [0.25, 0.3) is 0 Å². The number of hydrogen-bond donors (Lipinski definition) is 0. The second-order valence-electron chi connectivity index (χ2n) is 1.57. The van der Waals surface area contributed by atoms with E-state index in [-0.39, 0.29) is 51.4 Å². The standard InChI is InChI=1S/C5H9.4CH3.Ti/c1-2-4-5-3-1;;;;;/h1H,2-5H2;4*1H3;/q5*-1;. The van der Waals surface area contributed by atoms with Gasteiger partial charge in [-0.2, -0.15) is 12.8 Å². The fourth-order valence-electron chi connectivity index (χ4n) is 0.722. The van der Waals surface area contributed by atoms with Crippen molar-refractivity contribution >= 4 is 0 Å². The first-order valence-electron chi connectivity index (χ1n) is 2.32. The maximum absolute atomic E-state index is 2.36. The van der Waals surface area contributed by atoms with Gasteiger partial charge < -0.3 is 36.1 Å². The van der Waals surface area contributed by atoms with Gasteiger partial charge in [-0.1, -0.05) is 12.8 Å². The topological polar surface area (TPSA) is 0 Å². The SMILES string of the molecule is [CH-]1CCCC1.[CH3-].[CH3-].[CH3-].[CH3-].[Ti]. The van der Waals surface area contributed by atoms with Gasteiger partial charge in [-0.15, -0.1) is 0 Å². The van der Waals surface area contributed by atoms with E-state index >= 15 is 0 Å². The van der Waals surface area contributed by atoms with Crippen molar-refractivity contribution in [3.8, 4) is 0 Å². The van der Waals surface area contributed by atoms with Gasteiger partial charge in [-0.3, -0.25) is 0 Å². The van der Waals surface area contributed by atoms with Crippen LogP contribution >= 0.6 is 0 Å². The van der Waals surface area contributed by atoms with Crippen LogP contribution in [0.4, 0.5) is 0 Å². The summed E-state index contributed by atoms with van der Waals surface area (Å²) < 4.78 is 0. The molecule has 0 unspecified atom stereocenters. The van der Waals surface area contributed by atoms with Gasteiger partial charge >= 0.3 is 0 Å². The molecule has 1 heteroatoms. The summed E-state index contributed by atoms with van der Waals surface area (Å²) in [6.07, 6.45) is 8.00. The Labute approximate surface area is 83.7 Å². The largest absolute Gasteiger partial charge is 0.358 e. The Balaban J connectivity index is -0.0000000167. The normalized spacial score (nSPS) is 12.0. The molecule has 0 aliphatic heterocycles. The molecule has 0 aromatic carbocycles. The van der Waals surface area contributed by atoms with Gasteiger partial charge in [-0.05, 0) is 0 Å². The van der Waals surface area contributed by atoms with Crippen molar-refractivity contribution in [2.75, 3.05) is 0 Å². The Morgan fingerprint density at radius 1 is 0.700 bits per heavy atom. The van der Waals surface area contributed by atoms with Crippen LogP contribution in [0.15, 0.2) is 0 Å². The monoisotopic (exact) mass is 177 g/mol. The first-order valence-corrected chi connectivity index (χ1v) is 2.32. The summed E-state index contributed by atoms with van der Waals surface area (Å²) in [7, 11) is 0. The third kappa shape index (κ3) is 15.9. The molecular formula is C9H21Ti-5. The fraction of sp³-hybridized carbons (Fsp3) is 0.444. The van der Waals surface area contributed by atoms with E-state index in [0.29, 0.717) is 0 Å². The second-order valence-corrected chi connectivity index (χ2v) is 1.57. The molecule has 0 aromatic heterocycles. The van der Waals surface area contributed by atoms with Gasteiger partial charge in [0, 0.05) is 21.7 Å². The van der Waals surface area contributed by atoms with E-state index in [9.17, 15) is 0 Å². The van der Waals surface area contributed by atoms with E-state index in [1.54, 1.807) is 0 Å². The molecule has 0 atom stereocenters. The Hall–Kier alpha value is 0.714. The zero-order chi connectivity index (χ0) is 3.54. The molecule has 0 bridgehead atoms. The summed E-state index contributed by atoms with van der Waals surface area (Å²) in [5, 5.41) is 0. The van der Waals surface area contributed by atoms with Crippen LogP contribution in [0, 0.1) is 36.1 Å². The van der Waals surface area contributed by atoms with Crippen molar-refractivity contribution in [1.29, 1.82) is 0 Å². The Bertz CT molecular complexity index is 16.3. The molecule has 0 aromatic rings. The van der Waals surface area contributed by atoms with E-state index in [1.165, 1.54) is 25.7 Å².